The van der Waals surface area contributed by atoms with Crippen molar-refractivity contribution < 1.29 is 9.72 Å². The molecule has 0 bridgehead atoms. The van der Waals surface area contributed by atoms with Crippen LogP contribution >= 0.6 is 0 Å². The van der Waals surface area contributed by atoms with Crippen LogP contribution in [0.5, 0.6) is 0 Å². The first kappa shape index (κ1) is 24.4. The average molecular weight is 503 g/mol. The SMILES string of the molecule is NCC1CCC(C(=O)NC(Cc2ccccc2[N+](=O)[O-])c2ncc(-c3ccc4c(N)n[nH]c4c3)[nH]2)CC1. The lowest BCUT2D eigenvalue weighted by atomic mass is 9.81. The number of nitrogen functional groups attached to an aromatic ring is 1. The van der Waals surface area contributed by atoms with Crippen molar-refractivity contribution in [2.45, 2.75) is 38.1 Å². The van der Waals surface area contributed by atoms with Crippen molar-refractivity contribution in [1.82, 2.24) is 25.5 Å². The topological polar surface area (TPSA) is 182 Å². The first-order chi connectivity index (χ1) is 17.9. The number of carbonyl (C=O) groups is 1. The predicted molar refractivity (Wildman–Crippen MR) is 140 cm³/mol. The molecule has 0 spiro atoms. The van der Waals surface area contributed by atoms with Crippen LogP contribution in [-0.2, 0) is 11.2 Å². The minimum absolute atomic E-state index is 0.0132. The summed E-state index contributed by atoms with van der Waals surface area (Å²) in [4.78, 5) is 32.4. The van der Waals surface area contributed by atoms with Gasteiger partial charge in [0.2, 0.25) is 5.91 Å². The highest BCUT2D eigenvalue weighted by Gasteiger charge is 2.29. The van der Waals surface area contributed by atoms with Gasteiger partial charge in [0.25, 0.3) is 5.69 Å². The minimum Gasteiger partial charge on any atom is -0.382 e. The molecule has 4 aromatic rings. The number of hydrogen-bond acceptors (Lipinski definition) is 7. The molecule has 1 saturated carbocycles. The van der Waals surface area contributed by atoms with Gasteiger partial charge in [0.05, 0.1) is 28.4 Å². The molecule has 2 heterocycles. The second-order valence-corrected chi connectivity index (χ2v) is 9.66. The zero-order valence-electron chi connectivity index (χ0n) is 20.3. The number of hydrogen-bond donors (Lipinski definition) is 5. The fourth-order valence-electron chi connectivity index (χ4n) is 5.12. The number of carbonyl (C=O) groups excluding carboxylic acids is 1. The first-order valence-electron chi connectivity index (χ1n) is 12.4. The molecule has 11 nitrogen and oxygen atoms in total. The third-order valence-corrected chi connectivity index (χ3v) is 7.31. The highest BCUT2D eigenvalue weighted by molar-refractivity contribution is 5.91. The van der Waals surface area contributed by atoms with Crippen molar-refractivity contribution in [3.63, 3.8) is 0 Å². The van der Waals surface area contributed by atoms with Crippen LogP contribution in [0.3, 0.4) is 0 Å². The van der Waals surface area contributed by atoms with E-state index in [-0.39, 0.29) is 23.9 Å². The number of nitro groups is 1. The maximum absolute atomic E-state index is 13.3. The maximum atomic E-state index is 13.3. The fraction of sp³-hybridized carbons (Fsp3) is 0.346. The quantitative estimate of drug-likeness (QED) is 0.180. The van der Waals surface area contributed by atoms with Crippen molar-refractivity contribution >= 4 is 28.3 Å². The second kappa shape index (κ2) is 10.4. The molecule has 0 radical (unpaired) electrons. The summed E-state index contributed by atoms with van der Waals surface area (Å²) in [6, 6.07) is 11.7. The van der Waals surface area contributed by atoms with Gasteiger partial charge in [-0.25, -0.2) is 4.98 Å². The molecule has 192 valence electrons. The number of benzene rings is 2. The Morgan fingerprint density at radius 3 is 2.73 bits per heavy atom. The van der Waals surface area contributed by atoms with Crippen LogP contribution in [0.2, 0.25) is 0 Å². The minimum atomic E-state index is -0.568. The molecule has 2 aromatic heterocycles. The first-order valence-corrected chi connectivity index (χ1v) is 12.4. The molecule has 1 atom stereocenters. The average Bonchev–Trinajstić information content (AvgIpc) is 3.55. The van der Waals surface area contributed by atoms with Crippen LogP contribution in [0, 0.1) is 22.0 Å². The number of nitrogens with one attached hydrogen (secondary N) is 3. The van der Waals surface area contributed by atoms with E-state index in [1.807, 2.05) is 18.2 Å². The second-order valence-electron chi connectivity index (χ2n) is 9.66. The summed E-state index contributed by atoms with van der Waals surface area (Å²) in [6.45, 7) is 0.640. The Labute approximate surface area is 213 Å². The van der Waals surface area contributed by atoms with Gasteiger partial charge in [-0.05, 0) is 50.3 Å². The third kappa shape index (κ3) is 5.17. The number of H-pyrrole nitrogens is 2. The van der Waals surface area contributed by atoms with Gasteiger partial charge in [0.1, 0.15) is 5.82 Å². The smallest absolute Gasteiger partial charge is 0.272 e. The predicted octanol–water partition coefficient (Wildman–Crippen LogP) is 3.61. The van der Waals surface area contributed by atoms with Gasteiger partial charge >= 0.3 is 0 Å². The Bertz CT molecular complexity index is 1420. The number of amides is 1. The summed E-state index contributed by atoms with van der Waals surface area (Å²) < 4.78 is 0. The van der Waals surface area contributed by atoms with Gasteiger partial charge in [0.15, 0.2) is 5.82 Å². The van der Waals surface area contributed by atoms with E-state index in [1.54, 1.807) is 24.4 Å². The molecule has 0 saturated heterocycles. The van der Waals surface area contributed by atoms with E-state index in [9.17, 15) is 14.9 Å². The van der Waals surface area contributed by atoms with Crippen molar-refractivity contribution in [3.05, 3.63) is 70.2 Å². The Kier molecular flexibility index (Phi) is 6.87. The Morgan fingerprint density at radius 2 is 1.97 bits per heavy atom. The van der Waals surface area contributed by atoms with E-state index in [2.05, 4.69) is 25.5 Å². The van der Waals surface area contributed by atoms with Crippen molar-refractivity contribution in [2.75, 3.05) is 12.3 Å². The van der Waals surface area contributed by atoms with Crippen molar-refractivity contribution in [2.24, 2.45) is 17.6 Å². The van der Waals surface area contributed by atoms with E-state index in [0.717, 1.165) is 47.8 Å². The van der Waals surface area contributed by atoms with Crippen LogP contribution in [0.25, 0.3) is 22.2 Å². The number of nitrogens with two attached hydrogens (primary N) is 2. The van der Waals surface area contributed by atoms with E-state index in [1.165, 1.54) is 6.07 Å². The molecule has 0 aliphatic heterocycles. The van der Waals surface area contributed by atoms with E-state index in [0.29, 0.717) is 29.7 Å². The van der Waals surface area contributed by atoms with Gasteiger partial charge in [-0.1, -0.05) is 24.3 Å². The Balaban J connectivity index is 1.42. The summed E-state index contributed by atoms with van der Waals surface area (Å²) in [6.07, 6.45) is 5.33. The number of aromatic nitrogens is 4. The Morgan fingerprint density at radius 1 is 1.19 bits per heavy atom. The van der Waals surface area contributed by atoms with Crippen LogP contribution in [0.15, 0.2) is 48.7 Å². The number of imidazole rings is 1. The summed E-state index contributed by atoms with van der Waals surface area (Å²) in [5.74, 6) is 1.24. The van der Waals surface area contributed by atoms with Crippen LogP contribution in [0.4, 0.5) is 11.5 Å². The molecule has 2 aromatic carbocycles. The van der Waals surface area contributed by atoms with E-state index >= 15 is 0 Å². The number of nitrogens with zero attached hydrogens (tertiary/aromatic N) is 3. The molecule has 1 aliphatic carbocycles. The van der Waals surface area contributed by atoms with Crippen LogP contribution in [-0.4, -0.2) is 37.5 Å². The lowest BCUT2D eigenvalue weighted by Gasteiger charge is -2.28. The maximum Gasteiger partial charge on any atom is 0.272 e. The molecule has 11 heteroatoms. The number of aromatic amines is 2. The van der Waals surface area contributed by atoms with Gasteiger partial charge < -0.3 is 21.8 Å². The van der Waals surface area contributed by atoms with Crippen LogP contribution in [0.1, 0.15) is 43.1 Å². The lowest BCUT2D eigenvalue weighted by molar-refractivity contribution is -0.385. The highest BCUT2D eigenvalue weighted by Crippen LogP contribution is 2.31. The van der Waals surface area contributed by atoms with Gasteiger partial charge in [0, 0.05) is 34.9 Å². The summed E-state index contributed by atoms with van der Waals surface area (Å²) in [5, 5.41) is 22.5. The molecular formula is C26H30N8O3. The van der Waals surface area contributed by atoms with E-state index in [4.69, 9.17) is 11.5 Å². The van der Waals surface area contributed by atoms with Crippen LogP contribution < -0.4 is 16.8 Å². The summed E-state index contributed by atoms with van der Waals surface area (Å²) in [7, 11) is 0. The van der Waals surface area contributed by atoms with Gasteiger partial charge in [-0.15, -0.1) is 0 Å². The van der Waals surface area contributed by atoms with Crippen molar-refractivity contribution in [3.8, 4) is 11.3 Å². The number of anilines is 1. The largest absolute Gasteiger partial charge is 0.382 e. The summed E-state index contributed by atoms with van der Waals surface area (Å²) >= 11 is 0. The Hall–Kier alpha value is -4.25. The molecular weight excluding hydrogens is 472 g/mol. The third-order valence-electron chi connectivity index (χ3n) is 7.31. The molecule has 1 fully saturated rings. The molecule has 1 unspecified atom stereocenters. The number of nitro benzene ring substituents is 1. The molecule has 37 heavy (non-hydrogen) atoms. The summed E-state index contributed by atoms with van der Waals surface area (Å²) in [5.41, 5.74) is 14.6. The monoisotopic (exact) mass is 502 g/mol. The standard InChI is InChI=1S/C26H30N8O3/c27-13-15-5-7-16(8-6-15)26(35)31-21(12-18-3-1-2-4-23(18)34(36)37)25-29-14-22(30-25)17-9-10-19-20(11-17)32-33-24(19)28/h1-4,9-11,14-16,21H,5-8,12-13,27H2,(H,29,30)(H,31,35)(H3,28,32,33). The molecule has 7 N–H and O–H groups in total. The fourth-order valence-corrected chi connectivity index (χ4v) is 5.12. The zero-order valence-corrected chi connectivity index (χ0v) is 20.3. The lowest BCUT2D eigenvalue weighted by Crippen LogP contribution is -2.37. The van der Waals surface area contributed by atoms with E-state index < -0.39 is 11.0 Å². The molecule has 1 amide bonds. The molecule has 1 aliphatic rings. The molecule has 5 rings (SSSR count). The van der Waals surface area contributed by atoms with Gasteiger partial charge in [-0.3, -0.25) is 20.0 Å². The number of fused-ring (bicyclic) bond motifs is 1. The number of rotatable bonds is 8. The zero-order chi connectivity index (χ0) is 25.9. The number of para-hydroxylation sites is 1. The van der Waals surface area contributed by atoms with Gasteiger partial charge in [-0.2, -0.15) is 5.10 Å². The normalized spacial score (nSPS) is 18.5. The highest BCUT2D eigenvalue weighted by atomic mass is 16.6. The van der Waals surface area contributed by atoms with Crippen molar-refractivity contribution in [1.29, 1.82) is 0 Å².